The fourth-order valence-corrected chi connectivity index (χ4v) is 2.00. The summed E-state index contributed by atoms with van der Waals surface area (Å²) in [4.78, 5) is 35.8. The van der Waals surface area contributed by atoms with Crippen molar-refractivity contribution in [2.75, 3.05) is 11.9 Å². The van der Waals surface area contributed by atoms with Gasteiger partial charge in [0.15, 0.2) is 6.10 Å². The molecule has 3 amide bonds. The number of para-hydroxylation sites is 1. The molecule has 7 heteroatoms. The molecule has 0 heterocycles. The summed E-state index contributed by atoms with van der Waals surface area (Å²) < 4.78 is 5.18. The van der Waals surface area contributed by atoms with Crippen molar-refractivity contribution in [2.24, 2.45) is 0 Å². The number of urea groups is 1. The quantitative estimate of drug-likeness (QED) is 0.495. The molecule has 0 aromatic heterocycles. The third-order valence-corrected chi connectivity index (χ3v) is 3.30. The van der Waals surface area contributed by atoms with Crippen LogP contribution >= 0.6 is 0 Å². The van der Waals surface area contributed by atoms with Crippen molar-refractivity contribution in [2.45, 2.75) is 52.7 Å². The van der Waals surface area contributed by atoms with Gasteiger partial charge in [0.25, 0.3) is 5.91 Å². The van der Waals surface area contributed by atoms with E-state index in [4.69, 9.17) is 4.74 Å². The molecule has 1 aromatic carbocycles. The molecule has 0 saturated carbocycles. The van der Waals surface area contributed by atoms with E-state index in [0.29, 0.717) is 11.3 Å². The Balaban J connectivity index is 2.65. The number of hydrogen-bond acceptors (Lipinski definition) is 5. The number of hydrogen-bond donors (Lipinski definition) is 3. The predicted molar refractivity (Wildman–Crippen MR) is 96.5 cm³/mol. The number of imide groups is 1. The molecular formula is C18H27N3O4. The van der Waals surface area contributed by atoms with Gasteiger partial charge in [-0.3, -0.25) is 10.1 Å². The Hall–Kier alpha value is -2.57. The lowest BCUT2D eigenvalue weighted by atomic mass is 10.1. The van der Waals surface area contributed by atoms with E-state index in [2.05, 4.69) is 22.9 Å². The van der Waals surface area contributed by atoms with Gasteiger partial charge in [-0.1, -0.05) is 25.5 Å². The Morgan fingerprint density at radius 1 is 1.12 bits per heavy atom. The fraction of sp³-hybridized carbons (Fsp3) is 0.500. The third kappa shape index (κ3) is 7.24. The van der Waals surface area contributed by atoms with Gasteiger partial charge in [0.1, 0.15) is 0 Å². The average Bonchev–Trinajstić information content (AvgIpc) is 2.54. The molecule has 0 aliphatic carbocycles. The van der Waals surface area contributed by atoms with E-state index >= 15 is 0 Å². The zero-order valence-electron chi connectivity index (χ0n) is 15.2. The van der Waals surface area contributed by atoms with E-state index in [1.165, 1.54) is 6.92 Å². The highest BCUT2D eigenvalue weighted by atomic mass is 16.5. The molecule has 1 rings (SSSR count). The summed E-state index contributed by atoms with van der Waals surface area (Å²) in [5.74, 6) is -1.30. The molecule has 0 saturated heterocycles. The van der Waals surface area contributed by atoms with Crippen LogP contribution in [0.3, 0.4) is 0 Å². The maximum atomic E-state index is 12.3. The lowest BCUT2D eigenvalue weighted by Gasteiger charge is -2.16. The first-order valence-corrected chi connectivity index (χ1v) is 8.50. The molecule has 1 aromatic rings. The van der Waals surface area contributed by atoms with Crippen molar-refractivity contribution in [3.8, 4) is 0 Å². The minimum absolute atomic E-state index is 0.105. The highest BCUT2D eigenvalue weighted by Gasteiger charge is 2.22. The van der Waals surface area contributed by atoms with Crippen molar-refractivity contribution in [1.82, 2.24) is 10.6 Å². The molecule has 0 bridgehead atoms. The molecule has 0 aliphatic rings. The number of ether oxygens (including phenoxy) is 1. The topological polar surface area (TPSA) is 96.5 Å². The maximum Gasteiger partial charge on any atom is 0.341 e. The molecule has 0 radical (unpaired) electrons. The number of nitrogens with one attached hydrogen (secondary N) is 3. The van der Waals surface area contributed by atoms with Crippen LogP contribution in [0, 0.1) is 0 Å². The lowest BCUT2D eigenvalue weighted by Crippen LogP contribution is -2.46. The standard InChI is InChI=1S/C18H27N3O4/c1-5-6-11-19-15-10-8-7-9-14(15)17(23)25-13(4)16(22)21-18(24)20-12(2)3/h7-10,12-13,19H,5-6,11H2,1-4H3,(H2,20,21,22,24)/t13-/m1/s1. The van der Waals surface area contributed by atoms with Gasteiger partial charge < -0.3 is 15.4 Å². The van der Waals surface area contributed by atoms with E-state index in [0.717, 1.165) is 19.4 Å². The van der Waals surface area contributed by atoms with E-state index in [-0.39, 0.29) is 6.04 Å². The van der Waals surface area contributed by atoms with Crippen molar-refractivity contribution in [3.63, 3.8) is 0 Å². The molecule has 0 aliphatic heterocycles. The molecule has 0 fully saturated rings. The van der Waals surface area contributed by atoms with Crippen LogP contribution in [0.2, 0.25) is 0 Å². The van der Waals surface area contributed by atoms with Crippen LogP contribution in [-0.4, -0.2) is 36.6 Å². The Morgan fingerprint density at radius 2 is 1.80 bits per heavy atom. The van der Waals surface area contributed by atoms with Gasteiger partial charge in [-0.2, -0.15) is 0 Å². The van der Waals surface area contributed by atoms with E-state index in [1.54, 1.807) is 32.0 Å². The van der Waals surface area contributed by atoms with E-state index in [9.17, 15) is 14.4 Å². The zero-order chi connectivity index (χ0) is 18.8. The predicted octanol–water partition coefficient (Wildman–Crippen LogP) is 2.68. The number of carbonyl (C=O) groups excluding carboxylic acids is 3. The molecule has 0 spiro atoms. The second kappa shape index (κ2) is 10.3. The largest absolute Gasteiger partial charge is 0.449 e. The number of carbonyl (C=O) groups is 3. The third-order valence-electron chi connectivity index (χ3n) is 3.30. The minimum atomic E-state index is -1.09. The van der Waals surface area contributed by atoms with Gasteiger partial charge in [-0.25, -0.2) is 9.59 Å². The maximum absolute atomic E-state index is 12.3. The van der Waals surface area contributed by atoms with Gasteiger partial charge >= 0.3 is 12.0 Å². The SMILES string of the molecule is CCCCNc1ccccc1C(=O)O[C@H](C)C(=O)NC(=O)NC(C)C. The fourth-order valence-electron chi connectivity index (χ4n) is 2.00. The molecule has 0 unspecified atom stereocenters. The number of benzene rings is 1. The molecule has 138 valence electrons. The van der Waals surface area contributed by atoms with Crippen LogP contribution in [0.1, 0.15) is 50.9 Å². The van der Waals surface area contributed by atoms with Gasteiger partial charge in [0.2, 0.25) is 0 Å². The van der Waals surface area contributed by atoms with Crippen molar-refractivity contribution < 1.29 is 19.1 Å². The van der Waals surface area contributed by atoms with Crippen LogP contribution in [0.25, 0.3) is 0 Å². The normalized spacial score (nSPS) is 11.6. The molecule has 25 heavy (non-hydrogen) atoms. The number of unbranched alkanes of at least 4 members (excludes halogenated alkanes) is 1. The second-order valence-electron chi connectivity index (χ2n) is 5.99. The summed E-state index contributed by atoms with van der Waals surface area (Å²) >= 11 is 0. The average molecular weight is 349 g/mol. The summed E-state index contributed by atoms with van der Waals surface area (Å²) in [5, 5.41) is 7.86. The lowest BCUT2D eigenvalue weighted by molar-refractivity contribution is -0.127. The first kappa shape index (κ1) is 20.5. The van der Waals surface area contributed by atoms with Crippen LogP contribution < -0.4 is 16.0 Å². The molecule has 1 atom stereocenters. The first-order chi connectivity index (χ1) is 11.8. The highest BCUT2D eigenvalue weighted by Crippen LogP contribution is 2.17. The smallest absolute Gasteiger partial charge is 0.341 e. The van der Waals surface area contributed by atoms with Crippen LogP contribution in [-0.2, 0) is 9.53 Å². The Kier molecular flexibility index (Phi) is 8.46. The van der Waals surface area contributed by atoms with Gasteiger partial charge in [-0.05, 0) is 39.3 Å². The minimum Gasteiger partial charge on any atom is -0.449 e. The van der Waals surface area contributed by atoms with Crippen LogP contribution in [0.4, 0.5) is 10.5 Å². The molecular weight excluding hydrogens is 322 g/mol. The van der Waals surface area contributed by atoms with Crippen molar-refractivity contribution in [1.29, 1.82) is 0 Å². The first-order valence-electron chi connectivity index (χ1n) is 8.50. The Morgan fingerprint density at radius 3 is 2.44 bits per heavy atom. The summed E-state index contributed by atoms with van der Waals surface area (Å²) in [7, 11) is 0. The summed E-state index contributed by atoms with van der Waals surface area (Å²) in [6, 6.07) is 6.23. The summed E-state index contributed by atoms with van der Waals surface area (Å²) in [5.41, 5.74) is 1.01. The van der Waals surface area contributed by atoms with Gasteiger partial charge in [0, 0.05) is 18.3 Å². The van der Waals surface area contributed by atoms with Gasteiger partial charge in [-0.15, -0.1) is 0 Å². The number of anilines is 1. The zero-order valence-corrected chi connectivity index (χ0v) is 15.2. The monoisotopic (exact) mass is 349 g/mol. The number of esters is 1. The van der Waals surface area contributed by atoms with E-state index in [1.807, 2.05) is 6.07 Å². The summed E-state index contributed by atoms with van der Waals surface area (Å²) in [6.45, 7) is 7.79. The van der Waals surface area contributed by atoms with Crippen molar-refractivity contribution in [3.05, 3.63) is 29.8 Å². The van der Waals surface area contributed by atoms with E-state index < -0.39 is 24.0 Å². The molecule has 7 nitrogen and oxygen atoms in total. The van der Waals surface area contributed by atoms with Gasteiger partial charge in [0.05, 0.1) is 5.56 Å². The number of rotatable bonds is 8. The summed E-state index contributed by atoms with van der Waals surface area (Å²) in [6.07, 6.45) is 0.927. The number of amides is 3. The Labute approximate surface area is 148 Å². The van der Waals surface area contributed by atoms with Crippen molar-refractivity contribution >= 4 is 23.6 Å². The molecule has 3 N–H and O–H groups in total. The Bertz CT molecular complexity index is 602. The highest BCUT2D eigenvalue weighted by molar-refractivity contribution is 6.00. The van der Waals surface area contributed by atoms with Crippen LogP contribution in [0.5, 0.6) is 0 Å². The van der Waals surface area contributed by atoms with Crippen LogP contribution in [0.15, 0.2) is 24.3 Å². The second-order valence-corrected chi connectivity index (χ2v) is 5.99.